The molecule has 0 aliphatic carbocycles. The van der Waals surface area contributed by atoms with E-state index in [9.17, 15) is 4.79 Å². The average Bonchev–Trinajstić information content (AvgIpc) is 3.45. The second-order valence-corrected chi connectivity index (χ2v) is 7.99. The van der Waals surface area contributed by atoms with Gasteiger partial charge in [-0.3, -0.25) is 4.79 Å². The van der Waals surface area contributed by atoms with Gasteiger partial charge in [-0.2, -0.15) is 9.61 Å². The SMILES string of the molecule is CNc1nc2c(c(C(=O)N3CCCC3)n1)CN(c1c(C)c(C)nc3ccnn13)CC2. The summed E-state index contributed by atoms with van der Waals surface area (Å²) in [5.41, 5.74) is 5.30. The van der Waals surface area contributed by atoms with Crippen LogP contribution in [0.2, 0.25) is 0 Å². The van der Waals surface area contributed by atoms with Crippen LogP contribution in [0.3, 0.4) is 0 Å². The number of likely N-dealkylation sites (tertiary alicyclic amines) is 1. The summed E-state index contributed by atoms with van der Waals surface area (Å²) in [4.78, 5) is 31.4. The highest BCUT2D eigenvalue weighted by Crippen LogP contribution is 2.30. The Morgan fingerprint density at radius 1 is 1.10 bits per heavy atom. The minimum absolute atomic E-state index is 0.0105. The molecule has 1 N–H and O–H groups in total. The van der Waals surface area contributed by atoms with Crippen LogP contribution in [0.15, 0.2) is 12.3 Å². The summed E-state index contributed by atoms with van der Waals surface area (Å²) >= 11 is 0. The van der Waals surface area contributed by atoms with Crippen molar-refractivity contribution in [2.45, 2.75) is 39.7 Å². The van der Waals surface area contributed by atoms with Gasteiger partial charge >= 0.3 is 0 Å². The third-order valence-electron chi connectivity index (χ3n) is 6.16. The Morgan fingerprint density at radius 3 is 2.67 bits per heavy atom. The highest BCUT2D eigenvalue weighted by molar-refractivity contribution is 5.94. The number of nitrogens with one attached hydrogen (secondary N) is 1. The van der Waals surface area contributed by atoms with E-state index in [4.69, 9.17) is 0 Å². The summed E-state index contributed by atoms with van der Waals surface area (Å²) in [5.74, 6) is 1.54. The van der Waals surface area contributed by atoms with E-state index >= 15 is 0 Å². The largest absolute Gasteiger partial charge is 0.357 e. The fourth-order valence-electron chi connectivity index (χ4n) is 4.45. The molecule has 3 aromatic rings. The summed E-state index contributed by atoms with van der Waals surface area (Å²) in [5, 5.41) is 7.51. The second-order valence-electron chi connectivity index (χ2n) is 7.99. The van der Waals surface area contributed by atoms with Gasteiger partial charge in [0.05, 0.1) is 11.9 Å². The predicted molar refractivity (Wildman–Crippen MR) is 114 cm³/mol. The molecule has 1 amide bonds. The Balaban J connectivity index is 1.59. The van der Waals surface area contributed by atoms with Crippen molar-refractivity contribution in [1.82, 2.24) is 29.5 Å². The van der Waals surface area contributed by atoms with E-state index in [-0.39, 0.29) is 5.91 Å². The van der Waals surface area contributed by atoms with E-state index in [1.807, 2.05) is 22.4 Å². The first kappa shape index (κ1) is 18.8. The topological polar surface area (TPSA) is 91.5 Å². The van der Waals surface area contributed by atoms with Gasteiger partial charge in [-0.25, -0.2) is 15.0 Å². The minimum atomic E-state index is 0.0105. The van der Waals surface area contributed by atoms with Crippen molar-refractivity contribution < 1.29 is 4.79 Å². The van der Waals surface area contributed by atoms with Crippen molar-refractivity contribution in [1.29, 1.82) is 0 Å². The van der Waals surface area contributed by atoms with Crippen molar-refractivity contribution in [3.05, 3.63) is 40.5 Å². The van der Waals surface area contributed by atoms with Gasteiger partial charge in [-0.05, 0) is 26.7 Å². The van der Waals surface area contributed by atoms with Gasteiger partial charge in [0, 0.05) is 62.5 Å². The zero-order valence-corrected chi connectivity index (χ0v) is 17.6. The van der Waals surface area contributed by atoms with Crippen LogP contribution in [0.4, 0.5) is 11.8 Å². The van der Waals surface area contributed by atoms with Crippen molar-refractivity contribution in [2.75, 3.05) is 36.9 Å². The first-order valence-electron chi connectivity index (χ1n) is 10.5. The monoisotopic (exact) mass is 406 g/mol. The molecule has 5 rings (SSSR count). The van der Waals surface area contributed by atoms with E-state index in [0.717, 1.165) is 72.9 Å². The predicted octanol–water partition coefficient (Wildman–Crippen LogP) is 1.98. The molecule has 2 aliphatic rings. The van der Waals surface area contributed by atoms with Gasteiger partial charge < -0.3 is 15.1 Å². The third kappa shape index (κ3) is 2.96. The van der Waals surface area contributed by atoms with Crippen LogP contribution in [0, 0.1) is 13.8 Å². The summed E-state index contributed by atoms with van der Waals surface area (Å²) < 4.78 is 1.89. The first-order valence-corrected chi connectivity index (χ1v) is 10.5. The second kappa shape index (κ2) is 7.23. The maximum absolute atomic E-state index is 13.3. The molecule has 156 valence electrons. The number of fused-ring (bicyclic) bond motifs is 2. The Labute approximate surface area is 175 Å². The van der Waals surface area contributed by atoms with Gasteiger partial charge in [0.1, 0.15) is 11.5 Å². The molecular weight excluding hydrogens is 380 g/mol. The molecule has 9 heteroatoms. The Hall–Kier alpha value is -3.23. The number of hydrogen-bond acceptors (Lipinski definition) is 7. The van der Waals surface area contributed by atoms with Gasteiger partial charge in [0.2, 0.25) is 5.95 Å². The number of aromatic nitrogens is 5. The van der Waals surface area contributed by atoms with Gasteiger partial charge in [0.25, 0.3) is 5.91 Å². The highest BCUT2D eigenvalue weighted by Gasteiger charge is 2.30. The average molecular weight is 406 g/mol. The lowest BCUT2D eigenvalue weighted by atomic mass is 10.0. The van der Waals surface area contributed by atoms with Crippen LogP contribution in [-0.4, -0.2) is 62.1 Å². The molecule has 0 spiro atoms. The molecule has 3 aromatic heterocycles. The number of nitrogens with zero attached hydrogens (tertiary/aromatic N) is 7. The molecule has 0 saturated carbocycles. The standard InChI is InChI=1S/C21H26N8O/c1-13-14(2)24-17-6-8-23-29(17)19(13)28-11-7-16-15(12-28)18(26-21(22-3)25-16)20(30)27-9-4-5-10-27/h6,8H,4-5,7,9-12H2,1-3H3,(H,22,25,26). The molecule has 1 fully saturated rings. The molecule has 5 heterocycles. The number of rotatable bonds is 3. The number of carbonyl (C=O) groups is 1. The summed E-state index contributed by atoms with van der Waals surface area (Å²) in [6.45, 7) is 7.07. The van der Waals surface area contributed by atoms with Crippen LogP contribution in [-0.2, 0) is 13.0 Å². The molecule has 0 aromatic carbocycles. The lowest BCUT2D eigenvalue weighted by Crippen LogP contribution is -2.37. The summed E-state index contributed by atoms with van der Waals surface area (Å²) in [6, 6.07) is 1.92. The Kier molecular flexibility index (Phi) is 4.52. The van der Waals surface area contributed by atoms with Gasteiger partial charge in [0.15, 0.2) is 5.65 Å². The molecule has 0 unspecified atom stereocenters. The number of aryl methyl sites for hydroxylation is 1. The zero-order chi connectivity index (χ0) is 20.8. The van der Waals surface area contributed by atoms with Crippen LogP contribution in [0.1, 0.15) is 45.8 Å². The van der Waals surface area contributed by atoms with E-state index in [1.54, 1.807) is 13.2 Å². The van der Waals surface area contributed by atoms with Crippen molar-refractivity contribution in [3.8, 4) is 0 Å². The number of carbonyl (C=O) groups excluding carboxylic acids is 1. The number of anilines is 2. The highest BCUT2D eigenvalue weighted by atomic mass is 16.2. The molecule has 0 bridgehead atoms. The summed E-state index contributed by atoms with van der Waals surface area (Å²) in [6.07, 6.45) is 4.62. The van der Waals surface area contributed by atoms with Gasteiger partial charge in [-0.15, -0.1) is 0 Å². The molecule has 9 nitrogen and oxygen atoms in total. The fourth-order valence-corrected chi connectivity index (χ4v) is 4.45. The van der Waals surface area contributed by atoms with E-state index in [2.05, 4.69) is 37.2 Å². The maximum atomic E-state index is 13.3. The smallest absolute Gasteiger partial charge is 0.273 e. The number of amides is 1. The number of hydrogen-bond donors (Lipinski definition) is 1. The van der Waals surface area contributed by atoms with Crippen LogP contribution in [0.5, 0.6) is 0 Å². The normalized spacial score (nSPS) is 16.2. The molecule has 0 atom stereocenters. The molecule has 30 heavy (non-hydrogen) atoms. The van der Waals surface area contributed by atoms with Crippen molar-refractivity contribution in [3.63, 3.8) is 0 Å². The Morgan fingerprint density at radius 2 is 1.90 bits per heavy atom. The quantitative estimate of drug-likeness (QED) is 0.711. The van der Waals surface area contributed by atoms with E-state index in [0.29, 0.717) is 18.2 Å². The molecule has 1 saturated heterocycles. The first-order chi connectivity index (χ1) is 14.6. The lowest BCUT2D eigenvalue weighted by Gasteiger charge is -2.32. The summed E-state index contributed by atoms with van der Waals surface area (Å²) in [7, 11) is 1.79. The van der Waals surface area contributed by atoms with Crippen LogP contribution in [0.25, 0.3) is 5.65 Å². The zero-order valence-electron chi connectivity index (χ0n) is 17.6. The molecule has 0 radical (unpaired) electrons. The Bertz CT molecular complexity index is 1130. The lowest BCUT2D eigenvalue weighted by molar-refractivity contribution is 0.0785. The van der Waals surface area contributed by atoms with Gasteiger partial charge in [-0.1, -0.05) is 0 Å². The maximum Gasteiger partial charge on any atom is 0.273 e. The van der Waals surface area contributed by atoms with Crippen LogP contribution < -0.4 is 10.2 Å². The molecule has 2 aliphatic heterocycles. The van der Waals surface area contributed by atoms with Crippen molar-refractivity contribution >= 4 is 23.3 Å². The van der Waals surface area contributed by atoms with Crippen molar-refractivity contribution in [2.24, 2.45) is 0 Å². The molecular formula is C21H26N8O. The van der Waals surface area contributed by atoms with E-state index < -0.39 is 0 Å². The van der Waals surface area contributed by atoms with E-state index in [1.165, 1.54) is 0 Å². The fraction of sp³-hybridized carbons (Fsp3) is 0.476. The third-order valence-corrected chi connectivity index (χ3v) is 6.16. The minimum Gasteiger partial charge on any atom is -0.357 e. The van der Waals surface area contributed by atoms with Crippen LogP contribution >= 0.6 is 0 Å².